The highest BCUT2D eigenvalue weighted by molar-refractivity contribution is 7.89. The summed E-state index contributed by atoms with van der Waals surface area (Å²) in [6.45, 7) is 8.49. The molecule has 124 valence electrons. The number of aryl methyl sites for hydroxylation is 3. The molecule has 0 saturated carbocycles. The van der Waals surface area contributed by atoms with Crippen molar-refractivity contribution in [2.45, 2.75) is 44.9 Å². The van der Waals surface area contributed by atoms with Crippen LogP contribution in [0.4, 0.5) is 0 Å². The van der Waals surface area contributed by atoms with Crippen molar-refractivity contribution in [3.63, 3.8) is 0 Å². The van der Waals surface area contributed by atoms with Gasteiger partial charge in [-0.05, 0) is 77.2 Å². The Morgan fingerprint density at radius 1 is 1.14 bits per heavy atom. The smallest absolute Gasteiger partial charge is 0.241 e. The Morgan fingerprint density at radius 3 is 2.23 bits per heavy atom. The summed E-state index contributed by atoms with van der Waals surface area (Å²) >= 11 is 0. The number of nitrogens with zero attached hydrogens (tertiary/aromatic N) is 1. The largest absolute Gasteiger partial charge is 0.306 e. The van der Waals surface area contributed by atoms with E-state index >= 15 is 0 Å². The number of likely N-dealkylation sites (tertiary alicyclic amines) is 1. The molecule has 0 unspecified atom stereocenters. The third-order valence-electron chi connectivity index (χ3n) is 4.56. The van der Waals surface area contributed by atoms with Gasteiger partial charge in [0.1, 0.15) is 0 Å². The fourth-order valence-electron chi connectivity index (χ4n) is 3.41. The minimum Gasteiger partial charge on any atom is -0.306 e. The molecule has 1 N–H and O–H groups in total. The summed E-state index contributed by atoms with van der Waals surface area (Å²) in [6.07, 6.45) is 3.26. The first kappa shape index (κ1) is 17.4. The van der Waals surface area contributed by atoms with E-state index in [1.54, 1.807) is 0 Å². The molecule has 1 heterocycles. The van der Waals surface area contributed by atoms with Crippen molar-refractivity contribution in [3.8, 4) is 0 Å². The summed E-state index contributed by atoms with van der Waals surface area (Å²) in [7, 11) is -1.27. The number of rotatable bonds is 5. The molecule has 1 aromatic carbocycles. The van der Waals surface area contributed by atoms with Gasteiger partial charge < -0.3 is 4.90 Å². The van der Waals surface area contributed by atoms with Gasteiger partial charge in [0.2, 0.25) is 10.0 Å². The van der Waals surface area contributed by atoms with Gasteiger partial charge in [0.05, 0.1) is 4.90 Å². The van der Waals surface area contributed by atoms with Crippen LogP contribution in [0.15, 0.2) is 17.0 Å². The molecule has 0 radical (unpaired) electrons. The molecule has 0 bridgehead atoms. The summed E-state index contributed by atoms with van der Waals surface area (Å²) < 4.78 is 27.9. The topological polar surface area (TPSA) is 49.4 Å². The summed E-state index contributed by atoms with van der Waals surface area (Å²) in [5.74, 6) is 0.638. The fraction of sp³-hybridized carbons (Fsp3) is 0.647. The van der Waals surface area contributed by atoms with E-state index in [9.17, 15) is 8.42 Å². The molecule has 1 aliphatic rings. The molecule has 5 heteroatoms. The number of benzene rings is 1. The number of hydrogen-bond donors (Lipinski definition) is 1. The molecule has 1 fully saturated rings. The van der Waals surface area contributed by atoms with E-state index in [-0.39, 0.29) is 0 Å². The molecule has 4 nitrogen and oxygen atoms in total. The van der Waals surface area contributed by atoms with Gasteiger partial charge in [0.15, 0.2) is 0 Å². The Morgan fingerprint density at radius 2 is 1.68 bits per heavy atom. The first-order valence-electron chi connectivity index (χ1n) is 8.05. The van der Waals surface area contributed by atoms with Crippen LogP contribution in [0.5, 0.6) is 0 Å². The van der Waals surface area contributed by atoms with Crippen LogP contribution in [-0.4, -0.2) is 40.0 Å². The zero-order valence-corrected chi connectivity index (χ0v) is 15.0. The highest BCUT2D eigenvalue weighted by Gasteiger charge is 2.21. The van der Waals surface area contributed by atoms with Crippen LogP contribution in [0, 0.1) is 26.7 Å². The predicted molar refractivity (Wildman–Crippen MR) is 90.7 cm³/mol. The highest BCUT2D eigenvalue weighted by Crippen LogP contribution is 2.22. The standard InChI is InChI=1S/C17H28N2O2S/c1-13-11-14(2)17(15(3)12-13)22(20,21)18-8-5-16-6-9-19(4)10-7-16/h11-12,16,18H,5-10H2,1-4H3. The lowest BCUT2D eigenvalue weighted by Crippen LogP contribution is -2.33. The van der Waals surface area contributed by atoms with Gasteiger partial charge in [-0.1, -0.05) is 17.7 Å². The van der Waals surface area contributed by atoms with Gasteiger partial charge in [0.25, 0.3) is 0 Å². The molecule has 0 aromatic heterocycles. The average Bonchev–Trinajstić information content (AvgIpc) is 2.39. The third-order valence-corrected chi connectivity index (χ3v) is 6.32. The maximum absolute atomic E-state index is 12.6. The van der Waals surface area contributed by atoms with Gasteiger partial charge >= 0.3 is 0 Å². The predicted octanol–water partition coefficient (Wildman–Crippen LogP) is 2.62. The fourth-order valence-corrected chi connectivity index (χ4v) is 4.91. The number of piperidine rings is 1. The minimum atomic E-state index is -3.41. The summed E-state index contributed by atoms with van der Waals surface area (Å²) in [4.78, 5) is 2.78. The SMILES string of the molecule is Cc1cc(C)c(S(=O)(=O)NCCC2CCN(C)CC2)c(C)c1. The Hall–Kier alpha value is -0.910. The van der Waals surface area contributed by atoms with Crippen molar-refractivity contribution >= 4 is 10.0 Å². The van der Waals surface area contributed by atoms with Crippen molar-refractivity contribution in [3.05, 3.63) is 28.8 Å². The van der Waals surface area contributed by atoms with E-state index in [2.05, 4.69) is 16.7 Å². The Balaban J connectivity index is 1.97. The minimum absolute atomic E-state index is 0.446. The first-order valence-corrected chi connectivity index (χ1v) is 9.54. The molecule has 2 rings (SSSR count). The van der Waals surface area contributed by atoms with Gasteiger partial charge in [-0.15, -0.1) is 0 Å². The molecule has 0 atom stereocenters. The maximum Gasteiger partial charge on any atom is 0.241 e. The Kier molecular flexibility index (Phi) is 5.64. The zero-order valence-electron chi connectivity index (χ0n) is 14.1. The van der Waals surface area contributed by atoms with Crippen molar-refractivity contribution in [2.75, 3.05) is 26.7 Å². The molecule has 1 saturated heterocycles. The number of nitrogens with one attached hydrogen (secondary N) is 1. The van der Waals surface area contributed by atoms with Crippen molar-refractivity contribution in [1.82, 2.24) is 9.62 Å². The lowest BCUT2D eigenvalue weighted by atomic mass is 9.94. The van der Waals surface area contributed by atoms with E-state index < -0.39 is 10.0 Å². The Labute approximate surface area is 135 Å². The second-order valence-corrected chi connectivity index (χ2v) is 8.36. The number of sulfonamides is 1. The molecule has 1 aliphatic heterocycles. The van der Waals surface area contributed by atoms with Gasteiger partial charge in [-0.25, -0.2) is 13.1 Å². The van der Waals surface area contributed by atoms with Crippen LogP contribution >= 0.6 is 0 Å². The van der Waals surface area contributed by atoms with Crippen LogP contribution in [0.25, 0.3) is 0 Å². The van der Waals surface area contributed by atoms with Gasteiger partial charge in [0, 0.05) is 6.54 Å². The van der Waals surface area contributed by atoms with Gasteiger partial charge in [-0.3, -0.25) is 0 Å². The monoisotopic (exact) mass is 324 g/mol. The van der Waals surface area contributed by atoms with Crippen molar-refractivity contribution in [1.29, 1.82) is 0 Å². The van der Waals surface area contributed by atoms with Crippen LogP contribution in [0.1, 0.15) is 36.0 Å². The maximum atomic E-state index is 12.6. The van der Waals surface area contributed by atoms with Crippen LogP contribution < -0.4 is 4.72 Å². The van der Waals surface area contributed by atoms with E-state index in [4.69, 9.17) is 0 Å². The van der Waals surface area contributed by atoms with E-state index in [0.717, 1.165) is 36.2 Å². The lowest BCUT2D eigenvalue weighted by molar-refractivity contribution is 0.213. The normalized spacial score (nSPS) is 17.8. The molecular formula is C17H28N2O2S. The van der Waals surface area contributed by atoms with Crippen molar-refractivity contribution < 1.29 is 8.42 Å². The molecule has 22 heavy (non-hydrogen) atoms. The van der Waals surface area contributed by atoms with E-state index in [0.29, 0.717) is 17.4 Å². The Bertz CT molecular complexity index is 595. The quantitative estimate of drug-likeness (QED) is 0.906. The second-order valence-electron chi connectivity index (χ2n) is 6.66. The summed E-state index contributed by atoms with van der Waals surface area (Å²) in [5.41, 5.74) is 2.74. The van der Waals surface area contributed by atoms with Crippen LogP contribution in [-0.2, 0) is 10.0 Å². The molecular weight excluding hydrogens is 296 g/mol. The molecule has 0 spiro atoms. The molecule has 0 aliphatic carbocycles. The highest BCUT2D eigenvalue weighted by atomic mass is 32.2. The number of hydrogen-bond acceptors (Lipinski definition) is 3. The third kappa shape index (κ3) is 4.31. The van der Waals surface area contributed by atoms with E-state index in [1.807, 2.05) is 32.9 Å². The second kappa shape index (κ2) is 7.11. The van der Waals surface area contributed by atoms with Crippen LogP contribution in [0.3, 0.4) is 0 Å². The molecule has 1 aromatic rings. The summed E-state index contributed by atoms with van der Waals surface area (Å²) in [5, 5.41) is 0. The van der Waals surface area contributed by atoms with Crippen LogP contribution in [0.2, 0.25) is 0 Å². The average molecular weight is 324 g/mol. The van der Waals surface area contributed by atoms with Gasteiger partial charge in [-0.2, -0.15) is 0 Å². The van der Waals surface area contributed by atoms with Crippen molar-refractivity contribution in [2.24, 2.45) is 5.92 Å². The first-order chi connectivity index (χ1) is 10.3. The summed E-state index contributed by atoms with van der Waals surface area (Å²) in [6, 6.07) is 3.86. The molecule has 0 amide bonds. The lowest BCUT2D eigenvalue weighted by Gasteiger charge is -2.28. The zero-order chi connectivity index (χ0) is 16.3. The van der Waals surface area contributed by atoms with E-state index in [1.165, 1.54) is 12.8 Å².